The van der Waals surface area contributed by atoms with Crippen molar-refractivity contribution in [3.63, 3.8) is 0 Å². The van der Waals surface area contributed by atoms with Crippen molar-refractivity contribution in [1.29, 1.82) is 0 Å². The van der Waals surface area contributed by atoms with Gasteiger partial charge in [0.05, 0.1) is 6.54 Å². The van der Waals surface area contributed by atoms with E-state index in [1.54, 1.807) is 6.07 Å². The number of nitrogens with zero attached hydrogens (tertiary/aromatic N) is 2. The molecule has 1 aromatic rings. The van der Waals surface area contributed by atoms with Crippen LogP contribution in [0.3, 0.4) is 0 Å². The second-order valence-electron chi connectivity index (χ2n) is 5.04. The zero-order chi connectivity index (χ0) is 14.5. The van der Waals surface area contributed by atoms with E-state index in [4.69, 9.17) is 0 Å². The number of rotatable bonds is 4. The number of carbonyl (C=O) groups excluding carboxylic acids is 1. The van der Waals surface area contributed by atoms with Crippen LogP contribution in [0.15, 0.2) is 22.7 Å². The fourth-order valence-electron chi connectivity index (χ4n) is 2.24. The fraction of sp³-hybridized carbons (Fsp3) is 0.500. The second kappa shape index (κ2) is 7.15. The minimum Gasteiger partial charge on any atom is -0.339 e. The van der Waals surface area contributed by atoms with Crippen molar-refractivity contribution in [2.24, 2.45) is 0 Å². The van der Waals surface area contributed by atoms with E-state index in [9.17, 15) is 9.18 Å². The van der Waals surface area contributed by atoms with Gasteiger partial charge in [0, 0.05) is 37.2 Å². The topological polar surface area (TPSA) is 35.6 Å². The number of halogens is 2. The summed E-state index contributed by atoms with van der Waals surface area (Å²) < 4.78 is 13.8. The molecule has 1 aliphatic rings. The number of carbonyl (C=O) groups is 1. The molecule has 1 saturated heterocycles. The van der Waals surface area contributed by atoms with E-state index in [0.29, 0.717) is 13.1 Å². The summed E-state index contributed by atoms with van der Waals surface area (Å²) >= 11 is 3.35. The molecule has 0 radical (unpaired) electrons. The van der Waals surface area contributed by atoms with Crippen molar-refractivity contribution in [1.82, 2.24) is 15.1 Å². The minimum atomic E-state index is -0.264. The van der Waals surface area contributed by atoms with Crippen LogP contribution >= 0.6 is 15.9 Å². The van der Waals surface area contributed by atoms with E-state index in [1.807, 2.05) is 16.8 Å². The Morgan fingerprint density at radius 3 is 2.80 bits per heavy atom. The molecule has 0 atom stereocenters. The average Bonchev–Trinajstić information content (AvgIpc) is 2.43. The summed E-state index contributed by atoms with van der Waals surface area (Å²) in [5, 5.41) is 3.23. The third kappa shape index (κ3) is 4.26. The largest absolute Gasteiger partial charge is 0.339 e. The van der Waals surface area contributed by atoms with Crippen molar-refractivity contribution in [3.05, 3.63) is 34.1 Å². The van der Waals surface area contributed by atoms with E-state index in [1.165, 1.54) is 12.1 Å². The normalized spacial score (nSPS) is 15.7. The molecule has 0 spiro atoms. The van der Waals surface area contributed by atoms with Crippen molar-refractivity contribution in [3.8, 4) is 0 Å². The first-order chi connectivity index (χ1) is 9.56. The van der Waals surface area contributed by atoms with Gasteiger partial charge in [-0.3, -0.25) is 9.69 Å². The molecule has 1 aromatic carbocycles. The van der Waals surface area contributed by atoms with Crippen LogP contribution in [0.25, 0.3) is 0 Å². The van der Waals surface area contributed by atoms with Gasteiger partial charge in [-0.05, 0) is 24.7 Å². The van der Waals surface area contributed by atoms with Gasteiger partial charge in [0.2, 0.25) is 5.91 Å². The SMILES string of the molecule is CN(CC(=O)N1CCNCC1)Cc1ccc(F)cc1Br. The molecule has 0 bridgehead atoms. The van der Waals surface area contributed by atoms with Crippen LogP contribution in [0.4, 0.5) is 4.39 Å². The van der Waals surface area contributed by atoms with Crippen LogP contribution in [0.5, 0.6) is 0 Å². The molecule has 1 heterocycles. The first-order valence-corrected chi connectivity index (χ1v) is 7.46. The van der Waals surface area contributed by atoms with E-state index in [-0.39, 0.29) is 11.7 Å². The van der Waals surface area contributed by atoms with Gasteiger partial charge in [0.1, 0.15) is 5.82 Å². The number of piperazine rings is 1. The summed E-state index contributed by atoms with van der Waals surface area (Å²) in [7, 11) is 1.90. The van der Waals surface area contributed by atoms with E-state index < -0.39 is 0 Å². The second-order valence-corrected chi connectivity index (χ2v) is 5.89. The van der Waals surface area contributed by atoms with Crippen molar-refractivity contribution >= 4 is 21.8 Å². The highest BCUT2D eigenvalue weighted by atomic mass is 79.9. The number of benzene rings is 1. The van der Waals surface area contributed by atoms with Gasteiger partial charge in [0.25, 0.3) is 0 Å². The van der Waals surface area contributed by atoms with Gasteiger partial charge < -0.3 is 10.2 Å². The molecule has 1 fully saturated rings. The van der Waals surface area contributed by atoms with E-state index in [2.05, 4.69) is 21.2 Å². The average molecular weight is 344 g/mol. The third-order valence-corrected chi connectivity index (χ3v) is 4.07. The molecule has 0 aromatic heterocycles. The molecule has 0 unspecified atom stereocenters. The highest BCUT2D eigenvalue weighted by molar-refractivity contribution is 9.10. The van der Waals surface area contributed by atoms with Gasteiger partial charge >= 0.3 is 0 Å². The molecule has 2 rings (SSSR count). The van der Waals surface area contributed by atoms with Crippen molar-refractivity contribution in [2.75, 3.05) is 39.8 Å². The molecule has 6 heteroatoms. The molecule has 0 aliphatic carbocycles. The third-order valence-electron chi connectivity index (χ3n) is 3.33. The van der Waals surface area contributed by atoms with Gasteiger partial charge in [-0.15, -0.1) is 0 Å². The smallest absolute Gasteiger partial charge is 0.236 e. The standard InChI is InChI=1S/C14H19BrFN3O/c1-18(9-11-2-3-12(16)8-13(11)15)10-14(20)19-6-4-17-5-7-19/h2-3,8,17H,4-7,9-10H2,1H3. The Labute approximate surface area is 127 Å². The lowest BCUT2D eigenvalue weighted by molar-refractivity contribution is -0.132. The van der Waals surface area contributed by atoms with Crippen LogP contribution in [-0.2, 0) is 11.3 Å². The Hall–Kier alpha value is -0.980. The maximum Gasteiger partial charge on any atom is 0.236 e. The predicted octanol–water partition coefficient (Wildman–Crippen LogP) is 1.45. The molecular weight excluding hydrogens is 325 g/mol. The summed E-state index contributed by atoms with van der Waals surface area (Å²) in [6, 6.07) is 4.62. The van der Waals surface area contributed by atoms with Gasteiger partial charge in [-0.25, -0.2) is 4.39 Å². The fourth-order valence-corrected chi connectivity index (χ4v) is 2.72. The number of hydrogen-bond donors (Lipinski definition) is 1. The maximum atomic E-state index is 13.0. The number of hydrogen-bond acceptors (Lipinski definition) is 3. The Morgan fingerprint density at radius 1 is 1.45 bits per heavy atom. The van der Waals surface area contributed by atoms with Gasteiger partial charge in [0.15, 0.2) is 0 Å². The van der Waals surface area contributed by atoms with Crippen LogP contribution in [0.1, 0.15) is 5.56 Å². The van der Waals surface area contributed by atoms with Crippen LogP contribution < -0.4 is 5.32 Å². The zero-order valence-electron chi connectivity index (χ0n) is 11.5. The molecule has 1 amide bonds. The Kier molecular flexibility index (Phi) is 5.51. The number of likely N-dealkylation sites (N-methyl/N-ethyl adjacent to an activating group) is 1. The lowest BCUT2D eigenvalue weighted by Gasteiger charge is -2.29. The zero-order valence-corrected chi connectivity index (χ0v) is 13.1. The Bertz CT molecular complexity index is 477. The lowest BCUT2D eigenvalue weighted by Crippen LogP contribution is -2.49. The Morgan fingerprint density at radius 2 is 2.15 bits per heavy atom. The van der Waals surface area contributed by atoms with Crippen LogP contribution in [0, 0.1) is 5.82 Å². The molecule has 1 aliphatic heterocycles. The van der Waals surface area contributed by atoms with Crippen molar-refractivity contribution in [2.45, 2.75) is 6.54 Å². The Balaban J connectivity index is 1.88. The summed E-state index contributed by atoms with van der Waals surface area (Å²) in [5.41, 5.74) is 0.974. The molecule has 20 heavy (non-hydrogen) atoms. The lowest BCUT2D eigenvalue weighted by atomic mass is 10.2. The highest BCUT2D eigenvalue weighted by Gasteiger charge is 2.17. The predicted molar refractivity (Wildman–Crippen MR) is 79.9 cm³/mol. The number of amides is 1. The summed E-state index contributed by atoms with van der Waals surface area (Å²) in [6.45, 7) is 4.25. The van der Waals surface area contributed by atoms with Crippen LogP contribution in [-0.4, -0.2) is 55.5 Å². The molecular formula is C14H19BrFN3O. The maximum absolute atomic E-state index is 13.0. The summed E-state index contributed by atoms with van der Waals surface area (Å²) in [5.74, 6) is -0.118. The monoisotopic (exact) mass is 343 g/mol. The first-order valence-electron chi connectivity index (χ1n) is 6.67. The van der Waals surface area contributed by atoms with Crippen molar-refractivity contribution < 1.29 is 9.18 Å². The molecule has 1 N–H and O–H groups in total. The minimum absolute atomic E-state index is 0.146. The number of nitrogens with one attached hydrogen (secondary N) is 1. The van der Waals surface area contributed by atoms with E-state index in [0.717, 1.165) is 36.2 Å². The summed E-state index contributed by atoms with van der Waals surface area (Å²) in [6.07, 6.45) is 0. The van der Waals surface area contributed by atoms with Gasteiger partial charge in [-0.2, -0.15) is 0 Å². The first kappa shape index (κ1) is 15.4. The van der Waals surface area contributed by atoms with E-state index >= 15 is 0 Å². The van der Waals surface area contributed by atoms with Gasteiger partial charge in [-0.1, -0.05) is 22.0 Å². The molecule has 110 valence electrons. The van der Waals surface area contributed by atoms with Crippen LogP contribution in [0.2, 0.25) is 0 Å². The molecule has 0 saturated carbocycles. The highest BCUT2D eigenvalue weighted by Crippen LogP contribution is 2.19. The molecule has 4 nitrogen and oxygen atoms in total. The quantitative estimate of drug-likeness (QED) is 0.898. The summed E-state index contributed by atoms with van der Waals surface area (Å²) in [4.78, 5) is 16.0.